The summed E-state index contributed by atoms with van der Waals surface area (Å²) in [6.07, 6.45) is 2.51. The van der Waals surface area contributed by atoms with E-state index in [1.54, 1.807) is 0 Å². The van der Waals surface area contributed by atoms with Crippen LogP contribution in [-0.4, -0.2) is 41.6 Å². The molecule has 1 fully saturated rings. The molecule has 0 radical (unpaired) electrons. The van der Waals surface area contributed by atoms with E-state index in [0.29, 0.717) is 12.6 Å². The highest BCUT2D eigenvalue weighted by Crippen LogP contribution is 2.19. The molecule has 0 saturated carbocycles. The quantitative estimate of drug-likeness (QED) is 0.896. The van der Waals surface area contributed by atoms with Gasteiger partial charge in [0.1, 0.15) is 0 Å². The van der Waals surface area contributed by atoms with Crippen LogP contribution in [0.5, 0.6) is 0 Å². The van der Waals surface area contributed by atoms with E-state index in [4.69, 9.17) is 0 Å². The van der Waals surface area contributed by atoms with Crippen LogP contribution in [0, 0.1) is 26.7 Å². The van der Waals surface area contributed by atoms with Crippen molar-refractivity contribution in [3.05, 3.63) is 23.0 Å². The van der Waals surface area contributed by atoms with E-state index < -0.39 is 0 Å². The molecule has 0 spiro atoms. The fourth-order valence-electron chi connectivity index (χ4n) is 3.21. The number of aryl methyl sites for hydroxylation is 3. The van der Waals surface area contributed by atoms with E-state index in [9.17, 15) is 4.79 Å². The van der Waals surface area contributed by atoms with Crippen LogP contribution >= 0.6 is 0 Å². The molecule has 2 amide bonds. The summed E-state index contributed by atoms with van der Waals surface area (Å²) in [5.74, 6) is 0.828. The van der Waals surface area contributed by atoms with Crippen LogP contribution in [0.4, 0.5) is 10.5 Å². The van der Waals surface area contributed by atoms with Gasteiger partial charge in [-0.3, -0.25) is 9.88 Å². The molecule has 0 aromatic carbocycles. The van der Waals surface area contributed by atoms with Gasteiger partial charge in [0.2, 0.25) is 0 Å². The van der Waals surface area contributed by atoms with Gasteiger partial charge in [0.05, 0.1) is 11.4 Å². The minimum absolute atomic E-state index is 0.154. The van der Waals surface area contributed by atoms with Crippen molar-refractivity contribution in [3.8, 4) is 0 Å². The van der Waals surface area contributed by atoms with Crippen molar-refractivity contribution in [2.45, 2.75) is 53.5 Å². The highest BCUT2D eigenvalue weighted by Gasteiger charge is 2.20. The number of rotatable bonds is 4. The average molecular weight is 318 g/mol. The lowest BCUT2D eigenvalue weighted by Gasteiger charge is -2.35. The van der Waals surface area contributed by atoms with E-state index in [0.717, 1.165) is 41.6 Å². The third-order valence-electron chi connectivity index (χ3n) is 4.76. The number of amides is 2. The molecule has 1 saturated heterocycles. The minimum Gasteiger partial charge on any atom is -0.336 e. The van der Waals surface area contributed by atoms with E-state index in [2.05, 4.69) is 34.4 Å². The number of likely N-dealkylation sites (tertiary alicyclic amines) is 1. The maximum Gasteiger partial charge on any atom is 0.319 e. The summed E-state index contributed by atoms with van der Waals surface area (Å²) in [4.78, 5) is 19.0. The number of nitrogens with one attached hydrogen (secondary N) is 2. The molecule has 1 aliphatic rings. The summed E-state index contributed by atoms with van der Waals surface area (Å²) < 4.78 is 0. The van der Waals surface area contributed by atoms with Crippen molar-refractivity contribution in [2.75, 3.05) is 25.0 Å². The second-order valence-electron chi connectivity index (χ2n) is 6.94. The maximum atomic E-state index is 12.2. The Labute approximate surface area is 139 Å². The van der Waals surface area contributed by atoms with Gasteiger partial charge in [-0.15, -0.1) is 0 Å². The van der Waals surface area contributed by atoms with Gasteiger partial charge in [-0.25, -0.2) is 4.79 Å². The maximum absolute atomic E-state index is 12.2. The van der Waals surface area contributed by atoms with E-state index >= 15 is 0 Å². The SMILES string of the molecule is Cc1cc(C)c(NC(=O)NCC(C)N2CCC(C)CC2)c(C)n1. The summed E-state index contributed by atoms with van der Waals surface area (Å²) in [5, 5.41) is 5.93. The molecule has 5 heteroatoms. The highest BCUT2D eigenvalue weighted by atomic mass is 16.2. The first-order valence-electron chi connectivity index (χ1n) is 8.60. The van der Waals surface area contributed by atoms with Gasteiger partial charge in [-0.1, -0.05) is 6.92 Å². The van der Waals surface area contributed by atoms with Gasteiger partial charge in [0.15, 0.2) is 0 Å². The molecule has 0 aliphatic carbocycles. The molecular formula is C18H30N4O. The Balaban J connectivity index is 1.83. The van der Waals surface area contributed by atoms with Crippen molar-refractivity contribution < 1.29 is 4.79 Å². The molecule has 128 valence electrons. The predicted octanol–water partition coefficient (Wildman–Crippen LogP) is 3.25. The summed E-state index contributed by atoms with van der Waals surface area (Å²) in [5.41, 5.74) is 3.69. The number of piperidine rings is 1. The first-order chi connectivity index (χ1) is 10.9. The minimum atomic E-state index is -0.154. The summed E-state index contributed by atoms with van der Waals surface area (Å²) in [6.45, 7) is 13.3. The molecule has 1 atom stereocenters. The van der Waals surface area contributed by atoms with Gasteiger partial charge in [0.25, 0.3) is 0 Å². The number of anilines is 1. The fraction of sp³-hybridized carbons (Fsp3) is 0.667. The van der Waals surface area contributed by atoms with E-state index in [1.165, 1.54) is 12.8 Å². The Morgan fingerprint density at radius 1 is 1.35 bits per heavy atom. The number of urea groups is 1. The van der Waals surface area contributed by atoms with Crippen LogP contribution < -0.4 is 10.6 Å². The van der Waals surface area contributed by atoms with Crippen LogP contribution in [0.2, 0.25) is 0 Å². The summed E-state index contributed by atoms with van der Waals surface area (Å²) >= 11 is 0. The van der Waals surface area contributed by atoms with Gasteiger partial charge in [-0.2, -0.15) is 0 Å². The zero-order valence-corrected chi connectivity index (χ0v) is 15.1. The molecular weight excluding hydrogens is 288 g/mol. The largest absolute Gasteiger partial charge is 0.336 e. The standard InChI is InChI=1S/C18H30N4O/c1-12-6-8-22(9-7-12)15(4)11-19-18(23)21-17-13(2)10-14(3)20-16(17)5/h10,12,15H,6-9,11H2,1-5H3,(H2,19,21,23). The number of nitrogens with zero attached hydrogens (tertiary/aromatic N) is 2. The molecule has 5 nitrogen and oxygen atoms in total. The number of carbonyl (C=O) groups excluding carboxylic acids is 1. The summed E-state index contributed by atoms with van der Waals surface area (Å²) in [7, 11) is 0. The Morgan fingerprint density at radius 2 is 2.00 bits per heavy atom. The molecule has 23 heavy (non-hydrogen) atoms. The van der Waals surface area contributed by atoms with Gasteiger partial charge >= 0.3 is 6.03 Å². The summed E-state index contributed by atoms with van der Waals surface area (Å²) in [6, 6.07) is 2.20. The molecule has 0 bridgehead atoms. The first kappa shape index (κ1) is 17.7. The number of hydrogen-bond acceptors (Lipinski definition) is 3. The molecule has 1 aromatic rings. The Morgan fingerprint density at radius 3 is 2.61 bits per heavy atom. The van der Waals surface area contributed by atoms with Crippen LogP contribution in [0.15, 0.2) is 6.07 Å². The highest BCUT2D eigenvalue weighted by molar-refractivity contribution is 5.90. The Bertz CT molecular complexity index is 527. The van der Waals surface area contributed by atoms with Crippen LogP contribution in [0.25, 0.3) is 0 Å². The van der Waals surface area contributed by atoms with Crippen molar-refractivity contribution in [1.82, 2.24) is 15.2 Å². The molecule has 1 aromatic heterocycles. The Hall–Kier alpha value is -1.62. The molecule has 1 aliphatic heterocycles. The second-order valence-corrected chi connectivity index (χ2v) is 6.94. The lowest BCUT2D eigenvalue weighted by atomic mass is 9.98. The molecule has 2 heterocycles. The van der Waals surface area contributed by atoms with Crippen molar-refractivity contribution in [2.24, 2.45) is 5.92 Å². The second kappa shape index (κ2) is 7.77. The Kier molecular flexibility index (Phi) is 5.99. The topological polar surface area (TPSA) is 57.3 Å². The van der Waals surface area contributed by atoms with Crippen molar-refractivity contribution in [3.63, 3.8) is 0 Å². The molecule has 2 rings (SSSR count). The van der Waals surface area contributed by atoms with Gasteiger partial charge in [-0.05, 0) is 71.2 Å². The fourth-order valence-corrected chi connectivity index (χ4v) is 3.21. The molecule has 1 unspecified atom stereocenters. The lowest BCUT2D eigenvalue weighted by molar-refractivity contribution is 0.146. The van der Waals surface area contributed by atoms with Gasteiger partial charge in [0, 0.05) is 18.3 Å². The van der Waals surface area contributed by atoms with Crippen LogP contribution in [0.1, 0.15) is 43.6 Å². The van der Waals surface area contributed by atoms with E-state index in [1.807, 2.05) is 26.8 Å². The number of carbonyl (C=O) groups is 1. The average Bonchev–Trinajstić information content (AvgIpc) is 2.49. The smallest absolute Gasteiger partial charge is 0.319 e. The monoisotopic (exact) mass is 318 g/mol. The first-order valence-corrected chi connectivity index (χ1v) is 8.60. The van der Waals surface area contributed by atoms with E-state index in [-0.39, 0.29) is 6.03 Å². The normalized spacial score (nSPS) is 17.8. The van der Waals surface area contributed by atoms with Crippen LogP contribution in [-0.2, 0) is 0 Å². The lowest BCUT2D eigenvalue weighted by Crippen LogP contribution is -2.46. The van der Waals surface area contributed by atoms with Crippen molar-refractivity contribution in [1.29, 1.82) is 0 Å². The van der Waals surface area contributed by atoms with Crippen molar-refractivity contribution >= 4 is 11.7 Å². The molecule has 2 N–H and O–H groups in total. The predicted molar refractivity (Wildman–Crippen MR) is 94.9 cm³/mol. The van der Waals surface area contributed by atoms with Crippen LogP contribution in [0.3, 0.4) is 0 Å². The zero-order chi connectivity index (χ0) is 17.0. The van der Waals surface area contributed by atoms with Gasteiger partial charge < -0.3 is 10.6 Å². The third kappa shape index (κ3) is 4.93. The number of hydrogen-bond donors (Lipinski definition) is 2. The number of aromatic nitrogens is 1. The third-order valence-corrected chi connectivity index (χ3v) is 4.76. The zero-order valence-electron chi connectivity index (χ0n) is 15.1. The number of pyridine rings is 1.